The van der Waals surface area contributed by atoms with E-state index in [9.17, 15) is 9.18 Å². The summed E-state index contributed by atoms with van der Waals surface area (Å²) in [6, 6.07) is 6.73. The first-order valence-corrected chi connectivity index (χ1v) is 9.66. The number of carbonyl (C=O) groups is 1. The van der Waals surface area contributed by atoms with Gasteiger partial charge in [0.15, 0.2) is 0 Å². The fourth-order valence-electron chi connectivity index (χ4n) is 3.37. The maximum absolute atomic E-state index is 14.0. The first-order chi connectivity index (χ1) is 12.6. The van der Waals surface area contributed by atoms with Gasteiger partial charge in [-0.05, 0) is 43.4 Å². The van der Waals surface area contributed by atoms with E-state index in [2.05, 4.69) is 31.2 Å². The smallest absolute Gasteiger partial charge is 0.220 e. The Labute approximate surface area is 162 Å². The van der Waals surface area contributed by atoms with E-state index in [4.69, 9.17) is 0 Å². The second-order valence-electron chi connectivity index (χ2n) is 8.37. The van der Waals surface area contributed by atoms with E-state index in [1.54, 1.807) is 12.1 Å². The quantitative estimate of drug-likeness (QED) is 0.749. The Kier molecular flexibility index (Phi) is 6.79. The fraction of sp³-hybridized carbons (Fsp3) is 0.545. The number of carbonyl (C=O) groups excluding carboxylic acids is 1. The van der Waals surface area contributed by atoms with Crippen LogP contribution in [-0.2, 0) is 23.2 Å². The number of nitrogens with zero attached hydrogens (tertiary/aromatic N) is 2. The Morgan fingerprint density at radius 1 is 1.26 bits per heavy atom. The Morgan fingerprint density at radius 3 is 2.56 bits per heavy atom. The van der Waals surface area contributed by atoms with Gasteiger partial charge in [0.05, 0.1) is 5.69 Å². The highest BCUT2D eigenvalue weighted by Gasteiger charge is 2.24. The van der Waals surface area contributed by atoms with Gasteiger partial charge in [-0.3, -0.25) is 9.48 Å². The summed E-state index contributed by atoms with van der Waals surface area (Å²) in [5, 5.41) is 7.57. The molecule has 2 rings (SSSR count). The predicted octanol–water partition coefficient (Wildman–Crippen LogP) is 4.32. The Hall–Kier alpha value is -2.17. The first kappa shape index (κ1) is 21.1. The van der Waals surface area contributed by atoms with Gasteiger partial charge in [0.25, 0.3) is 0 Å². The number of nitrogens with one attached hydrogen (secondary N) is 1. The van der Waals surface area contributed by atoms with Crippen LogP contribution >= 0.6 is 0 Å². The average molecular weight is 374 g/mol. The molecule has 0 aliphatic carbocycles. The molecule has 0 saturated carbocycles. The average Bonchev–Trinajstić information content (AvgIpc) is 2.84. The van der Waals surface area contributed by atoms with E-state index in [0.717, 1.165) is 23.5 Å². The molecular weight excluding hydrogens is 341 g/mol. The van der Waals surface area contributed by atoms with Gasteiger partial charge in [0, 0.05) is 30.6 Å². The van der Waals surface area contributed by atoms with Crippen molar-refractivity contribution in [3.8, 4) is 0 Å². The number of hydrogen-bond acceptors (Lipinski definition) is 2. The Balaban J connectivity index is 1.93. The summed E-state index contributed by atoms with van der Waals surface area (Å²) in [5.41, 5.74) is 3.44. The van der Waals surface area contributed by atoms with Crippen LogP contribution < -0.4 is 5.32 Å². The van der Waals surface area contributed by atoms with Crippen LogP contribution in [0.1, 0.15) is 56.6 Å². The zero-order chi connectivity index (χ0) is 20.2. The maximum Gasteiger partial charge on any atom is 0.220 e. The maximum atomic E-state index is 14.0. The van der Waals surface area contributed by atoms with E-state index in [-0.39, 0.29) is 11.7 Å². The van der Waals surface area contributed by atoms with Gasteiger partial charge >= 0.3 is 0 Å². The van der Waals surface area contributed by atoms with Crippen molar-refractivity contribution in [1.29, 1.82) is 0 Å². The summed E-state index contributed by atoms with van der Waals surface area (Å²) in [5.74, 6) is 0.273. The van der Waals surface area contributed by atoms with E-state index in [1.807, 2.05) is 31.5 Å². The van der Waals surface area contributed by atoms with Crippen molar-refractivity contribution in [3.63, 3.8) is 0 Å². The summed E-state index contributed by atoms with van der Waals surface area (Å²) >= 11 is 0. The molecule has 4 nitrogen and oxygen atoms in total. The molecule has 1 amide bonds. The number of aromatic nitrogens is 2. The predicted molar refractivity (Wildman–Crippen MR) is 107 cm³/mol. The minimum Gasteiger partial charge on any atom is -0.355 e. The molecule has 5 heteroatoms. The third-order valence-corrected chi connectivity index (χ3v) is 5.00. The van der Waals surface area contributed by atoms with Crippen LogP contribution in [0.15, 0.2) is 24.3 Å². The molecule has 0 bridgehead atoms. The summed E-state index contributed by atoms with van der Waals surface area (Å²) in [7, 11) is 0. The van der Waals surface area contributed by atoms with E-state index in [0.29, 0.717) is 30.9 Å². The van der Waals surface area contributed by atoms with Crippen molar-refractivity contribution >= 4 is 5.91 Å². The Morgan fingerprint density at radius 2 is 1.93 bits per heavy atom. The van der Waals surface area contributed by atoms with Crippen LogP contribution in [0.5, 0.6) is 0 Å². The molecule has 1 aromatic carbocycles. The lowest BCUT2D eigenvalue weighted by atomic mass is 9.84. The molecule has 0 spiro atoms. The van der Waals surface area contributed by atoms with Crippen molar-refractivity contribution in [2.45, 2.75) is 66.3 Å². The minimum absolute atomic E-state index is 0.0187. The molecule has 27 heavy (non-hydrogen) atoms. The van der Waals surface area contributed by atoms with Gasteiger partial charge in [0.2, 0.25) is 5.91 Å². The van der Waals surface area contributed by atoms with Gasteiger partial charge in [-0.15, -0.1) is 0 Å². The number of amides is 1. The van der Waals surface area contributed by atoms with E-state index < -0.39 is 5.41 Å². The number of benzene rings is 1. The van der Waals surface area contributed by atoms with Gasteiger partial charge in [-0.2, -0.15) is 5.10 Å². The van der Waals surface area contributed by atoms with Crippen LogP contribution in [0.3, 0.4) is 0 Å². The van der Waals surface area contributed by atoms with E-state index in [1.165, 1.54) is 6.07 Å². The number of halogens is 1. The molecule has 0 unspecified atom stereocenters. The summed E-state index contributed by atoms with van der Waals surface area (Å²) in [6.45, 7) is 13.6. The monoisotopic (exact) mass is 373 g/mol. The largest absolute Gasteiger partial charge is 0.355 e. The van der Waals surface area contributed by atoms with Crippen LogP contribution in [-0.4, -0.2) is 22.2 Å². The van der Waals surface area contributed by atoms with Gasteiger partial charge in [-0.1, -0.05) is 45.9 Å². The van der Waals surface area contributed by atoms with Crippen LogP contribution in [0, 0.1) is 25.6 Å². The molecule has 0 atom stereocenters. The van der Waals surface area contributed by atoms with Crippen molar-refractivity contribution in [1.82, 2.24) is 15.1 Å². The van der Waals surface area contributed by atoms with Gasteiger partial charge in [0.1, 0.15) is 5.82 Å². The van der Waals surface area contributed by atoms with Gasteiger partial charge in [-0.25, -0.2) is 4.39 Å². The Bertz CT molecular complexity index is 793. The third kappa shape index (κ3) is 5.41. The standard InChI is InChI=1S/C22H32FN3O/c1-15(2)13-26-17(4)18(16(3)25-26)11-12-21(27)24-14-22(5,6)19-9-7-8-10-20(19)23/h7-10,15H,11-14H2,1-6H3,(H,24,27). The topological polar surface area (TPSA) is 46.9 Å². The lowest BCUT2D eigenvalue weighted by Gasteiger charge is -2.26. The highest BCUT2D eigenvalue weighted by atomic mass is 19.1. The van der Waals surface area contributed by atoms with Crippen LogP contribution in [0.25, 0.3) is 0 Å². The number of rotatable bonds is 8. The highest BCUT2D eigenvalue weighted by Crippen LogP contribution is 2.25. The summed E-state index contributed by atoms with van der Waals surface area (Å²) in [4.78, 5) is 12.4. The number of aryl methyl sites for hydroxylation is 1. The second-order valence-corrected chi connectivity index (χ2v) is 8.37. The third-order valence-electron chi connectivity index (χ3n) is 5.00. The molecule has 1 aromatic heterocycles. The van der Waals surface area contributed by atoms with Crippen molar-refractivity contribution in [2.24, 2.45) is 5.92 Å². The van der Waals surface area contributed by atoms with Crippen LogP contribution in [0.2, 0.25) is 0 Å². The molecule has 0 saturated heterocycles. The zero-order valence-corrected chi connectivity index (χ0v) is 17.4. The van der Waals surface area contributed by atoms with Crippen molar-refractivity contribution in [2.75, 3.05) is 6.54 Å². The normalized spacial score (nSPS) is 11.9. The lowest BCUT2D eigenvalue weighted by Crippen LogP contribution is -2.37. The van der Waals surface area contributed by atoms with Crippen molar-refractivity contribution < 1.29 is 9.18 Å². The zero-order valence-electron chi connectivity index (χ0n) is 17.4. The molecular formula is C22H32FN3O. The lowest BCUT2D eigenvalue weighted by molar-refractivity contribution is -0.121. The van der Waals surface area contributed by atoms with Gasteiger partial charge < -0.3 is 5.32 Å². The minimum atomic E-state index is -0.463. The molecule has 0 aliphatic rings. The summed E-state index contributed by atoms with van der Waals surface area (Å²) in [6.07, 6.45) is 1.07. The molecule has 2 aromatic rings. The molecule has 0 fully saturated rings. The molecule has 0 aliphatic heterocycles. The molecule has 148 valence electrons. The van der Waals surface area contributed by atoms with Crippen molar-refractivity contribution in [3.05, 3.63) is 52.6 Å². The van der Waals surface area contributed by atoms with E-state index >= 15 is 0 Å². The number of hydrogen-bond donors (Lipinski definition) is 1. The highest BCUT2D eigenvalue weighted by molar-refractivity contribution is 5.76. The molecule has 1 N–H and O–H groups in total. The summed E-state index contributed by atoms with van der Waals surface area (Å²) < 4.78 is 16.1. The molecule has 0 radical (unpaired) electrons. The fourth-order valence-corrected chi connectivity index (χ4v) is 3.37. The second kappa shape index (κ2) is 8.68. The van der Waals surface area contributed by atoms with Crippen LogP contribution in [0.4, 0.5) is 4.39 Å². The molecule has 1 heterocycles. The SMILES string of the molecule is Cc1nn(CC(C)C)c(C)c1CCC(=O)NCC(C)(C)c1ccccc1F. The first-order valence-electron chi connectivity index (χ1n) is 9.66.